The van der Waals surface area contributed by atoms with Gasteiger partial charge in [0.05, 0.1) is 0 Å². The number of nitrogens with zero attached hydrogens (tertiary/aromatic N) is 2. The van der Waals surface area contributed by atoms with Crippen LogP contribution in [0.15, 0.2) is 48.5 Å². The molecule has 27 heavy (non-hydrogen) atoms. The number of aldehydes is 1. The highest BCUT2D eigenvalue weighted by Crippen LogP contribution is 2.19. The highest BCUT2D eigenvalue weighted by molar-refractivity contribution is 5.83. The predicted molar refractivity (Wildman–Crippen MR) is 93.4 cm³/mol. The van der Waals surface area contributed by atoms with Crippen molar-refractivity contribution < 1.29 is 22.4 Å². The van der Waals surface area contributed by atoms with E-state index in [-0.39, 0.29) is 16.7 Å². The van der Waals surface area contributed by atoms with Crippen molar-refractivity contribution in [3.63, 3.8) is 0 Å². The fraction of sp³-hybridized carbons (Fsp3) is 0.0500. The van der Waals surface area contributed by atoms with Gasteiger partial charge < -0.3 is 0 Å². The van der Waals surface area contributed by atoms with E-state index < -0.39 is 23.3 Å². The lowest BCUT2D eigenvalue weighted by Crippen LogP contribution is -1.92. The number of rotatable bonds is 1. The lowest BCUT2D eigenvalue weighted by Gasteiger charge is -2.00. The summed E-state index contributed by atoms with van der Waals surface area (Å²) in [5.41, 5.74) is 0.744. The summed E-state index contributed by atoms with van der Waals surface area (Å²) in [6.45, 7) is 1.74. The Morgan fingerprint density at radius 2 is 1.19 bits per heavy atom. The van der Waals surface area contributed by atoms with E-state index in [2.05, 4.69) is 9.97 Å². The number of fused-ring (bicyclic) bond motifs is 2. The molecule has 0 amide bonds. The molecule has 0 aliphatic heterocycles. The van der Waals surface area contributed by atoms with Gasteiger partial charge in [-0.2, -0.15) is 0 Å². The molecule has 2 aromatic carbocycles. The third kappa shape index (κ3) is 3.76. The molecule has 0 saturated heterocycles. The summed E-state index contributed by atoms with van der Waals surface area (Å²) in [5.74, 6) is -3.72. The van der Waals surface area contributed by atoms with Crippen LogP contribution in [-0.4, -0.2) is 16.3 Å². The molecule has 7 heteroatoms. The Bertz CT molecular complexity index is 1160. The zero-order valence-corrected chi connectivity index (χ0v) is 14.0. The highest BCUT2D eigenvalue weighted by atomic mass is 19.2. The van der Waals surface area contributed by atoms with E-state index in [0.29, 0.717) is 22.8 Å². The molecular weight excluding hydrogens is 360 g/mol. The smallest absolute Gasteiger partial charge is 0.185 e. The van der Waals surface area contributed by atoms with Crippen LogP contribution in [0.25, 0.3) is 21.8 Å². The number of aryl methyl sites for hydroxylation is 1. The quantitative estimate of drug-likeness (QED) is 0.343. The normalized spacial score (nSPS) is 10.6. The van der Waals surface area contributed by atoms with E-state index in [4.69, 9.17) is 0 Å². The molecule has 0 bridgehead atoms. The Hall–Kier alpha value is -3.35. The average molecular weight is 372 g/mol. The van der Waals surface area contributed by atoms with E-state index in [1.54, 1.807) is 19.1 Å². The van der Waals surface area contributed by atoms with Crippen LogP contribution < -0.4 is 0 Å². The predicted octanol–water partition coefficient (Wildman–Crippen LogP) is 5.15. The number of benzene rings is 2. The minimum Gasteiger partial charge on any atom is -0.296 e. The van der Waals surface area contributed by atoms with Crippen molar-refractivity contribution in [2.75, 3.05) is 0 Å². The fourth-order valence-corrected chi connectivity index (χ4v) is 2.44. The third-order valence-electron chi connectivity index (χ3n) is 3.79. The molecule has 0 unspecified atom stereocenters. The topological polar surface area (TPSA) is 42.9 Å². The van der Waals surface area contributed by atoms with Crippen LogP contribution in [0.1, 0.15) is 16.2 Å². The number of hydrogen-bond donors (Lipinski definition) is 0. The van der Waals surface area contributed by atoms with Crippen LogP contribution in [0, 0.1) is 30.2 Å². The second kappa shape index (κ2) is 7.49. The number of carbonyl (C=O) groups is 1. The van der Waals surface area contributed by atoms with Gasteiger partial charge in [0.2, 0.25) is 0 Å². The number of carbonyl (C=O) groups excluding carboxylic acids is 1. The molecule has 4 rings (SSSR count). The van der Waals surface area contributed by atoms with Crippen LogP contribution in [0.2, 0.25) is 0 Å². The minimum atomic E-state index is -1.02. The molecule has 2 aromatic heterocycles. The Morgan fingerprint density at radius 3 is 1.74 bits per heavy atom. The Labute approximate surface area is 151 Å². The monoisotopic (exact) mass is 372 g/mol. The SMILES string of the molecule is Cc1ccc2ccc(F)c(F)c2n1.O=Cc1ccc2ccc(F)c(F)c2n1. The molecule has 0 aliphatic carbocycles. The van der Waals surface area contributed by atoms with Crippen molar-refractivity contribution in [2.45, 2.75) is 6.92 Å². The molecular formula is C20H12F4N2O. The summed E-state index contributed by atoms with van der Waals surface area (Å²) < 4.78 is 51.8. The van der Waals surface area contributed by atoms with E-state index in [1.807, 2.05) is 0 Å². The number of aromatic nitrogens is 2. The first-order valence-electron chi connectivity index (χ1n) is 7.82. The second-order valence-corrected chi connectivity index (χ2v) is 5.67. The summed E-state index contributed by atoms with van der Waals surface area (Å²) in [7, 11) is 0. The van der Waals surface area contributed by atoms with Crippen molar-refractivity contribution in [1.29, 1.82) is 0 Å². The van der Waals surface area contributed by atoms with E-state index in [1.165, 1.54) is 24.3 Å². The Balaban J connectivity index is 0.000000156. The maximum atomic E-state index is 13.2. The lowest BCUT2D eigenvalue weighted by atomic mass is 10.2. The van der Waals surface area contributed by atoms with Gasteiger partial charge in [0.1, 0.15) is 16.7 Å². The van der Waals surface area contributed by atoms with Gasteiger partial charge in [-0.3, -0.25) is 4.79 Å². The molecule has 2 heterocycles. The maximum Gasteiger partial charge on any atom is 0.185 e. The zero-order valence-electron chi connectivity index (χ0n) is 14.0. The van der Waals surface area contributed by atoms with Crippen molar-refractivity contribution in [3.8, 4) is 0 Å². The Morgan fingerprint density at radius 1 is 0.704 bits per heavy atom. The van der Waals surface area contributed by atoms with Gasteiger partial charge in [-0.1, -0.05) is 12.1 Å². The van der Waals surface area contributed by atoms with Crippen molar-refractivity contribution in [3.05, 3.63) is 83.2 Å². The molecule has 0 N–H and O–H groups in total. The Kier molecular flexibility index (Phi) is 5.12. The van der Waals surface area contributed by atoms with Crippen molar-refractivity contribution >= 4 is 28.1 Å². The third-order valence-corrected chi connectivity index (χ3v) is 3.79. The van der Waals surface area contributed by atoms with Gasteiger partial charge in [-0.05, 0) is 43.3 Å². The van der Waals surface area contributed by atoms with Crippen LogP contribution >= 0.6 is 0 Å². The molecule has 0 atom stereocenters. The maximum absolute atomic E-state index is 13.2. The molecule has 0 aliphatic rings. The summed E-state index contributed by atoms with van der Waals surface area (Å²) in [4.78, 5) is 18.0. The van der Waals surface area contributed by atoms with Gasteiger partial charge >= 0.3 is 0 Å². The van der Waals surface area contributed by atoms with Gasteiger partial charge in [0.25, 0.3) is 0 Å². The molecule has 136 valence electrons. The number of hydrogen-bond acceptors (Lipinski definition) is 3. The summed E-state index contributed by atoms with van der Waals surface area (Å²) in [6, 6.07) is 11.5. The number of pyridine rings is 2. The van der Waals surface area contributed by atoms with E-state index in [9.17, 15) is 22.4 Å². The molecule has 4 aromatic rings. The number of halogens is 4. The van der Waals surface area contributed by atoms with Crippen LogP contribution in [0.4, 0.5) is 17.6 Å². The van der Waals surface area contributed by atoms with Gasteiger partial charge in [0.15, 0.2) is 29.6 Å². The van der Waals surface area contributed by atoms with Gasteiger partial charge in [0, 0.05) is 16.5 Å². The fourth-order valence-electron chi connectivity index (χ4n) is 2.44. The van der Waals surface area contributed by atoms with E-state index >= 15 is 0 Å². The standard InChI is InChI=1S/C10H5F2NO.C10H7F2N/c11-8-4-2-6-1-3-7(5-14)13-10(6)9(8)12;1-6-2-3-7-4-5-8(11)9(12)10(7)13-6/h1-5H;2-5H,1H3. The second-order valence-electron chi connectivity index (χ2n) is 5.67. The molecule has 3 nitrogen and oxygen atoms in total. The van der Waals surface area contributed by atoms with Crippen molar-refractivity contribution in [1.82, 2.24) is 9.97 Å². The first kappa shape index (κ1) is 18.4. The van der Waals surface area contributed by atoms with Crippen LogP contribution in [0.3, 0.4) is 0 Å². The van der Waals surface area contributed by atoms with E-state index in [0.717, 1.165) is 12.1 Å². The summed E-state index contributed by atoms with van der Waals surface area (Å²) in [5, 5.41) is 1.08. The average Bonchev–Trinajstić information content (AvgIpc) is 2.68. The first-order chi connectivity index (χ1) is 12.9. The lowest BCUT2D eigenvalue weighted by molar-refractivity contribution is 0.111. The van der Waals surface area contributed by atoms with Crippen LogP contribution in [-0.2, 0) is 0 Å². The first-order valence-corrected chi connectivity index (χ1v) is 7.82. The molecule has 0 saturated carbocycles. The van der Waals surface area contributed by atoms with Crippen molar-refractivity contribution in [2.24, 2.45) is 0 Å². The van der Waals surface area contributed by atoms with Crippen LogP contribution in [0.5, 0.6) is 0 Å². The molecule has 0 radical (unpaired) electrons. The molecule has 0 fully saturated rings. The highest BCUT2D eigenvalue weighted by Gasteiger charge is 2.09. The van der Waals surface area contributed by atoms with Gasteiger partial charge in [-0.25, -0.2) is 27.5 Å². The molecule has 0 spiro atoms. The summed E-state index contributed by atoms with van der Waals surface area (Å²) >= 11 is 0. The minimum absolute atomic E-state index is 0.0852. The zero-order chi connectivity index (χ0) is 19.6. The summed E-state index contributed by atoms with van der Waals surface area (Å²) in [6.07, 6.45) is 0.490. The van der Waals surface area contributed by atoms with Gasteiger partial charge in [-0.15, -0.1) is 0 Å². The largest absolute Gasteiger partial charge is 0.296 e.